The minimum absolute atomic E-state index is 0.0621. The number of hydrogen-bond acceptors (Lipinski definition) is 4. The molecule has 1 aliphatic heterocycles. The van der Waals surface area contributed by atoms with Gasteiger partial charge >= 0.3 is 6.09 Å². The summed E-state index contributed by atoms with van der Waals surface area (Å²) in [5.41, 5.74) is 1.12. The van der Waals surface area contributed by atoms with Gasteiger partial charge < -0.3 is 19.2 Å². The van der Waals surface area contributed by atoms with Crippen molar-refractivity contribution in [2.45, 2.75) is 46.8 Å². The third kappa shape index (κ3) is 3.22. The van der Waals surface area contributed by atoms with Crippen LogP contribution in [0, 0.1) is 23.2 Å². The molecule has 1 aliphatic carbocycles. The Morgan fingerprint density at radius 3 is 2.84 bits per heavy atom. The SMILES string of the molecule is CC1=CC(C)[C@]2(COC(=O)NC(C)C)COC(c3ccco3)[C@@H]1C2C. The molecule has 0 aromatic carbocycles. The Balaban J connectivity index is 1.82. The fraction of sp³-hybridized carbons (Fsp3) is 0.650. The van der Waals surface area contributed by atoms with Gasteiger partial charge in [0.15, 0.2) is 0 Å². The normalized spacial score (nSPS) is 34.6. The Morgan fingerprint density at radius 2 is 2.20 bits per heavy atom. The van der Waals surface area contributed by atoms with Crippen molar-refractivity contribution in [1.82, 2.24) is 5.32 Å². The van der Waals surface area contributed by atoms with E-state index in [2.05, 4.69) is 32.2 Å². The van der Waals surface area contributed by atoms with Gasteiger partial charge in [-0.3, -0.25) is 0 Å². The lowest BCUT2D eigenvalue weighted by Crippen LogP contribution is -2.54. The molecule has 1 aromatic rings. The number of allylic oxidation sites excluding steroid dienone is 1. The molecule has 2 aliphatic rings. The number of carbonyl (C=O) groups is 1. The van der Waals surface area contributed by atoms with E-state index in [-0.39, 0.29) is 35.5 Å². The van der Waals surface area contributed by atoms with Gasteiger partial charge in [-0.15, -0.1) is 0 Å². The summed E-state index contributed by atoms with van der Waals surface area (Å²) >= 11 is 0. The van der Waals surface area contributed by atoms with Crippen LogP contribution in [0.15, 0.2) is 34.5 Å². The van der Waals surface area contributed by atoms with E-state index in [1.54, 1.807) is 6.26 Å². The third-order valence-electron chi connectivity index (χ3n) is 5.95. The number of rotatable bonds is 4. The van der Waals surface area contributed by atoms with E-state index in [4.69, 9.17) is 13.9 Å². The van der Waals surface area contributed by atoms with Crippen LogP contribution in [0.4, 0.5) is 4.79 Å². The Labute approximate surface area is 149 Å². The molecule has 25 heavy (non-hydrogen) atoms. The summed E-state index contributed by atoms with van der Waals surface area (Å²) in [5, 5.41) is 2.79. The van der Waals surface area contributed by atoms with Crippen molar-refractivity contribution in [3.8, 4) is 0 Å². The summed E-state index contributed by atoms with van der Waals surface area (Å²) in [5.74, 6) is 1.70. The molecule has 138 valence electrons. The van der Waals surface area contributed by atoms with Crippen molar-refractivity contribution in [3.05, 3.63) is 35.8 Å². The molecular weight excluding hydrogens is 318 g/mol. The fourth-order valence-corrected chi connectivity index (χ4v) is 4.44. The molecule has 2 bridgehead atoms. The number of hydrogen-bond donors (Lipinski definition) is 1. The maximum atomic E-state index is 12.0. The molecule has 1 fully saturated rings. The van der Waals surface area contributed by atoms with E-state index in [0.717, 1.165) is 5.76 Å². The average Bonchev–Trinajstić information content (AvgIpc) is 3.05. The van der Waals surface area contributed by atoms with Crippen LogP contribution in [-0.2, 0) is 9.47 Å². The zero-order valence-corrected chi connectivity index (χ0v) is 15.7. The zero-order chi connectivity index (χ0) is 18.2. The minimum atomic E-state index is -0.361. The number of nitrogens with one attached hydrogen (secondary N) is 1. The number of fused-ring (bicyclic) bond motifs is 2. The van der Waals surface area contributed by atoms with Crippen molar-refractivity contribution in [3.63, 3.8) is 0 Å². The van der Waals surface area contributed by atoms with Gasteiger partial charge in [-0.05, 0) is 44.7 Å². The molecule has 2 heterocycles. The molecule has 0 spiro atoms. The molecule has 0 radical (unpaired) electrons. The van der Waals surface area contributed by atoms with E-state index >= 15 is 0 Å². The largest absolute Gasteiger partial charge is 0.467 e. The van der Waals surface area contributed by atoms with E-state index in [0.29, 0.717) is 19.1 Å². The van der Waals surface area contributed by atoms with Crippen LogP contribution in [0.1, 0.15) is 46.5 Å². The lowest BCUT2D eigenvalue weighted by atomic mass is 9.56. The van der Waals surface area contributed by atoms with E-state index < -0.39 is 0 Å². The van der Waals surface area contributed by atoms with Crippen LogP contribution < -0.4 is 5.32 Å². The van der Waals surface area contributed by atoms with Gasteiger partial charge in [0.2, 0.25) is 0 Å². The topological polar surface area (TPSA) is 60.7 Å². The second-order valence-electron chi connectivity index (χ2n) is 7.87. The summed E-state index contributed by atoms with van der Waals surface area (Å²) in [6, 6.07) is 3.93. The molecule has 5 nitrogen and oxygen atoms in total. The quantitative estimate of drug-likeness (QED) is 0.824. The monoisotopic (exact) mass is 347 g/mol. The van der Waals surface area contributed by atoms with Crippen LogP contribution in [0.2, 0.25) is 0 Å². The smallest absolute Gasteiger partial charge is 0.407 e. The Bertz CT molecular complexity index is 636. The van der Waals surface area contributed by atoms with Gasteiger partial charge in [-0.2, -0.15) is 0 Å². The predicted molar refractivity (Wildman–Crippen MR) is 95.0 cm³/mol. The first kappa shape index (κ1) is 18.1. The predicted octanol–water partition coefficient (Wildman–Crippen LogP) is 4.32. The average molecular weight is 347 g/mol. The number of furan rings is 1. The highest BCUT2D eigenvalue weighted by Crippen LogP contribution is 2.56. The maximum Gasteiger partial charge on any atom is 0.407 e. The number of carbonyl (C=O) groups excluding carboxylic acids is 1. The summed E-state index contributed by atoms with van der Waals surface area (Å²) in [4.78, 5) is 12.0. The molecule has 1 aromatic heterocycles. The molecule has 3 rings (SSSR count). The highest BCUT2D eigenvalue weighted by molar-refractivity contribution is 5.67. The first-order chi connectivity index (χ1) is 11.8. The number of amides is 1. The van der Waals surface area contributed by atoms with Crippen molar-refractivity contribution in [2.24, 2.45) is 23.2 Å². The Kier molecular flexibility index (Phi) is 4.96. The second-order valence-corrected chi connectivity index (χ2v) is 7.87. The van der Waals surface area contributed by atoms with Gasteiger partial charge in [0.1, 0.15) is 18.5 Å². The molecule has 5 heteroatoms. The summed E-state index contributed by atoms with van der Waals surface area (Å²) < 4.78 is 17.5. The van der Waals surface area contributed by atoms with E-state index in [9.17, 15) is 4.79 Å². The van der Waals surface area contributed by atoms with Gasteiger partial charge in [0, 0.05) is 17.4 Å². The molecule has 1 amide bonds. The van der Waals surface area contributed by atoms with E-state index in [1.165, 1.54) is 5.57 Å². The molecular formula is C20H29NO4. The van der Waals surface area contributed by atoms with E-state index in [1.807, 2.05) is 26.0 Å². The van der Waals surface area contributed by atoms with Crippen LogP contribution in [-0.4, -0.2) is 25.3 Å². The zero-order valence-electron chi connectivity index (χ0n) is 15.7. The minimum Gasteiger partial charge on any atom is -0.467 e. The number of ether oxygens (including phenoxy) is 2. The first-order valence-corrected chi connectivity index (χ1v) is 9.12. The van der Waals surface area contributed by atoms with Crippen LogP contribution in [0.3, 0.4) is 0 Å². The molecule has 0 saturated carbocycles. The van der Waals surface area contributed by atoms with Gasteiger partial charge in [0.05, 0.1) is 12.9 Å². The molecule has 1 N–H and O–H groups in total. The summed E-state index contributed by atoms with van der Waals surface area (Å²) in [6.45, 7) is 11.4. The summed E-state index contributed by atoms with van der Waals surface area (Å²) in [7, 11) is 0. The summed E-state index contributed by atoms with van der Waals surface area (Å²) in [6.07, 6.45) is 3.56. The lowest BCUT2D eigenvalue weighted by Gasteiger charge is -2.54. The first-order valence-electron chi connectivity index (χ1n) is 9.12. The lowest BCUT2D eigenvalue weighted by molar-refractivity contribution is -0.170. The van der Waals surface area contributed by atoms with Gasteiger partial charge in [-0.25, -0.2) is 4.79 Å². The van der Waals surface area contributed by atoms with Crippen molar-refractivity contribution in [1.29, 1.82) is 0 Å². The molecule has 1 saturated heterocycles. The van der Waals surface area contributed by atoms with Crippen LogP contribution in [0.5, 0.6) is 0 Å². The second kappa shape index (κ2) is 6.87. The third-order valence-corrected chi connectivity index (χ3v) is 5.95. The Hall–Kier alpha value is -1.75. The van der Waals surface area contributed by atoms with Crippen LogP contribution >= 0.6 is 0 Å². The maximum absolute atomic E-state index is 12.0. The Morgan fingerprint density at radius 1 is 1.44 bits per heavy atom. The van der Waals surface area contributed by atoms with Crippen molar-refractivity contribution in [2.75, 3.05) is 13.2 Å². The van der Waals surface area contributed by atoms with Gasteiger partial charge in [0.25, 0.3) is 0 Å². The van der Waals surface area contributed by atoms with Crippen molar-refractivity contribution >= 4 is 6.09 Å². The fourth-order valence-electron chi connectivity index (χ4n) is 4.44. The highest BCUT2D eigenvalue weighted by atomic mass is 16.6. The molecule has 5 atom stereocenters. The van der Waals surface area contributed by atoms with Crippen molar-refractivity contribution < 1.29 is 18.7 Å². The van der Waals surface area contributed by atoms with Crippen LogP contribution in [0.25, 0.3) is 0 Å². The molecule has 3 unspecified atom stereocenters. The standard InChI is InChI=1S/C20H29NO4/c1-12(2)21-19(22)25-11-20-10-24-18(16-7-6-8-23-16)17(15(20)5)13(3)9-14(20)4/h6-9,12,14-15,17-18H,10-11H2,1-5H3,(H,21,22)/t14?,15?,17-,18?,20+/m0/s1. The van der Waals surface area contributed by atoms with Gasteiger partial charge in [-0.1, -0.05) is 25.5 Å². The number of alkyl carbamates (subject to hydrolysis) is 1. The highest BCUT2D eigenvalue weighted by Gasteiger charge is 2.55.